The molecule has 0 amide bonds. The molecule has 3 nitrogen and oxygen atoms in total. The van der Waals surface area contributed by atoms with Gasteiger partial charge in [0.15, 0.2) is 0 Å². The number of ether oxygens (including phenoxy) is 1. The van der Waals surface area contributed by atoms with Crippen LogP contribution in [0.3, 0.4) is 0 Å². The van der Waals surface area contributed by atoms with E-state index in [1.165, 1.54) is 0 Å². The Labute approximate surface area is 87.3 Å². The van der Waals surface area contributed by atoms with Crippen molar-refractivity contribution in [3.05, 3.63) is 34.9 Å². The zero-order chi connectivity index (χ0) is 10.4. The quantitative estimate of drug-likeness (QED) is 0.615. The average Bonchev–Trinajstić information content (AvgIpc) is 2.18. The molecule has 0 aromatic heterocycles. The Morgan fingerprint density at radius 1 is 1.50 bits per heavy atom. The SMILES string of the molecule is O=C(OCCCO)c1cccc(Cl)c1. The second kappa shape index (κ2) is 5.62. The third-order valence-electron chi connectivity index (χ3n) is 1.60. The molecule has 0 unspecified atom stereocenters. The first kappa shape index (κ1) is 11.0. The van der Waals surface area contributed by atoms with Gasteiger partial charge in [-0.3, -0.25) is 0 Å². The number of aliphatic hydroxyl groups is 1. The summed E-state index contributed by atoms with van der Waals surface area (Å²) in [5.74, 6) is -0.416. The number of carbonyl (C=O) groups excluding carboxylic acids is 1. The maximum atomic E-state index is 11.3. The Kier molecular flexibility index (Phi) is 4.43. The predicted molar refractivity (Wildman–Crippen MR) is 53.4 cm³/mol. The molecule has 1 aromatic carbocycles. The molecule has 0 radical (unpaired) electrons. The number of aliphatic hydroxyl groups excluding tert-OH is 1. The number of hydrogen-bond acceptors (Lipinski definition) is 3. The summed E-state index contributed by atoms with van der Waals surface area (Å²) in [6, 6.07) is 6.55. The third-order valence-corrected chi connectivity index (χ3v) is 1.83. The summed E-state index contributed by atoms with van der Waals surface area (Å²) in [6.45, 7) is 0.241. The van der Waals surface area contributed by atoms with E-state index in [1.807, 2.05) is 0 Å². The molecule has 0 atom stereocenters. The Morgan fingerprint density at radius 3 is 2.93 bits per heavy atom. The minimum Gasteiger partial charge on any atom is -0.462 e. The Bertz CT molecular complexity index is 312. The van der Waals surface area contributed by atoms with Crippen LogP contribution < -0.4 is 0 Å². The Morgan fingerprint density at radius 2 is 2.29 bits per heavy atom. The van der Waals surface area contributed by atoms with Crippen molar-refractivity contribution in [3.63, 3.8) is 0 Å². The molecule has 1 aromatic rings. The summed E-state index contributed by atoms with van der Waals surface area (Å²) in [4.78, 5) is 11.3. The number of esters is 1. The zero-order valence-electron chi connectivity index (χ0n) is 7.57. The van der Waals surface area contributed by atoms with Crippen LogP contribution in [-0.2, 0) is 4.74 Å². The van der Waals surface area contributed by atoms with Crippen LogP contribution in [0.4, 0.5) is 0 Å². The van der Waals surface area contributed by atoms with E-state index in [2.05, 4.69) is 0 Å². The molecule has 0 aliphatic carbocycles. The first-order chi connectivity index (χ1) is 6.74. The number of hydrogen-bond donors (Lipinski definition) is 1. The molecule has 0 aliphatic rings. The zero-order valence-corrected chi connectivity index (χ0v) is 8.33. The summed E-state index contributed by atoms with van der Waals surface area (Å²) in [7, 11) is 0. The van der Waals surface area contributed by atoms with Gasteiger partial charge in [-0.1, -0.05) is 17.7 Å². The van der Waals surface area contributed by atoms with Crippen molar-refractivity contribution in [2.45, 2.75) is 6.42 Å². The van der Waals surface area contributed by atoms with Gasteiger partial charge in [-0.05, 0) is 18.2 Å². The molecule has 0 spiro atoms. The lowest BCUT2D eigenvalue weighted by Crippen LogP contribution is -2.07. The van der Waals surface area contributed by atoms with E-state index in [0.717, 1.165) is 0 Å². The topological polar surface area (TPSA) is 46.5 Å². The van der Waals surface area contributed by atoms with Crippen molar-refractivity contribution in [2.75, 3.05) is 13.2 Å². The fraction of sp³-hybridized carbons (Fsp3) is 0.300. The van der Waals surface area contributed by atoms with E-state index < -0.39 is 5.97 Å². The van der Waals surface area contributed by atoms with E-state index in [9.17, 15) is 4.79 Å². The van der Waals surface area contributed by atoms with Crippen molar-refractivity contribution in [2.24, 2.45) is 0 Å². The maximum absolute atomic E-state index is 11.3. The molecule has 4 heteroatoms. The third kappa shape index (κ3) is 3.36. The molecule has 0 bridgehead atoms. The van der Waals surface area contributed by atoms with Crippen LogP contribution in [0.1, 0.15) is 16.8 Å². The van der Waals surface area contributed by atoms with Gasteiger partial charge in [0.05, 0.1) is 12.2 Å². The van der Waals surface area contributed by atoms with Crippen LogP contribution in [0.25, 0.3) is 0 Å². The van der Waals surface area contributed by atoms with Crippen molar-refractivity contribution in [1.29, 1.82) is 0 Å². The lowest BCUT2D eigenvalue weighted by Gasteiger charge is -2.03. The minimum atomic E-state index is -0.416. The highest BCUT2D eigenvalue weighted by Crippen LogP contribution is 2.11. The van der Waals surface area contributed by atoms with Gasteiger partial charge in [0, 0.05) is 18.1 Å². The van der Waals surface area contributed by atoms with Gasteiger partial charge in [0.2, 0.25) is 0 Å². The molecule has 14 heavy (non-hydrogen) atoms. The van der Waals surface area contributed by atoms with Crippen molar-refractivity contribution < 1.29 is 14.6 Å². The van der Waals surface area contributed by atoms with Crippen LogP contribution in [0, 0.1) is 0 Å². The largest absolute Gasteiger partial charge is 0.462 e. The molecular weight excluding hydrogens is 204 g/mol. The standard InChI is InChI=1S/C10H11ClO3/c11-9-4-1-3-8(7-9)10(13)14-6-2-5-12/h1,3-4,7,12H,2,5-6H2. The van der Waals surface area contributed by atoms with Gasteiger partial charge in [0.1, 0.15) is 0 Å². The van der Waals surface area contributed by atoms with Gasteiger partial charge in [-0.25, -0.2) is 4.79 Å². The molecule has 0 heterocycles. The highest BCUT2D eigenvalue weighted by molar-refractivity contribution is 6.30. The van der Waals surface area contributed by atoms with Gasteiger partial charge in [0.25, 0.3) is 0 Å². The molecular formula is C10H11ClO3. The fourth-order valence-electron chi connectivity index (χ4n) is 0.928. The molecule has 0 saturated carbocycles. The van der Waals surface area contributed by atoms with E-state index >= 15 is 0 Å². The summed E-state index contributed by atoms with van der Waals surface area (Å²) in [5.41, 5.74) is 0.426. The number of halogens is 1. The monoisotopic (exact) mass is 214 g/mol. The highest BCUT2D eigenvalue weighted by atomic mass is 35.5. The molecule has 1 N–H and O–H groups in total. The second-order valence-electron chi connectivity index (χ2n) is 2.72. The summed E-state index contributed by atoms with van der Waals surface area (Å²) < 4.78 is 4.87. The molecule has 0 fully saturated rings. The van der Waals surface area contributed by atoms with Crippen LogP contribution >= 0.6 is 11.6 Å². The number of benzene rings is 1. The van der Waals surface area contributed by atoms with E-state index in [1.54, 1.807) is 24.3 Å². The molecule has 76 valence electrons. The van der Waals surface area contributed by atoms with E-state index in [-0.39, 0.29) is 13.2 Å². The van der Waals surface area contributed by atoms with Crippen molar-refractivity contribution in [3.8, 4) is 0 Å². The first-order valence-electron chi connectivity index (χ1n) is 4.27. The first-order valence-corrected chi connectivity index (χ1v) is 4.65. The van der Waals surface area contributed by atoms with Gasteiger partial charge >= 0.3 is 5.97 Å². The normalized spacial score (nSPS) is 9.86. The molecule has 0 saturated heterocycles. The predicted octanol–water partition coefficient (Wildman–Crippen LogP) is 1.88. The maximum Gasteiger partial charge on any atom is 0.338 e. The van der Waals surface area contributed by atoms with Crippen LogP contribution in [0.2, 0.25) is 5.02 Å². The van der Waals surface area contributed by atoms with Gasteiger partial charge in [-0.2, -0.15) is 0 Å². The molecule has 1 rings (SSSR count). The van der Waals surface area contributed by atoms with Crippen molar-refractivity contribution in [1.82, 2.24) is 0 Å². The summed E-state index contributed by atoms with van der Waals surface area (Å²) >= 11 is 5.70. The average molecular weight is 215 g/mol. The van der Waals surface area contributed by atoms with Crippen LogP contribution in [-0.4, -0.2) is 24.3 Å². The fourth-order valence-corrected chi connectivity index (χ4v) is 1.12. The summed E-state index contributed by atoms with van der Waals surface area (Å²) in [6.07, 6.45) is 0.451. The highest BCUT2D eigenvalue weighted by Gasteiger charge is 2.06. The Hall–Kier alpha value is -1.06. The van der Waals surface area contributed by atoms with E-state index in [4.69, 9.17) is 21.4 Å². The smallest absolute Gasteiger partial charge is 0.338 e. The van der Waals surface area contributed by atoms with Gasteiger partial charge in [-0.15, -0.1) is 0 Å². The van der Waals surface area contributed by atoms with Gasteiger partial charge < -0.3 is 9.84 Å². The Balaban J connectivity index is 2.52. The van der Waals surface area contributed by atoms with E-state index in [0.29, 0.717) is 17.0 Å². The molecule has 0 aliphatic heterocycles. The van der Waals surface area contributed by atoms with Crippen LogP contribution in [0.5, 0.6) is 0 Å². The number of rotatable bonds is 4. The lowest BCUT2D eigenvalue weighted by atomic mass is 10.2. The van der Waals surface area contributed by atoms with Crippen LogP contribution in [0.15, 0.2) is 24.3 Å². The minimum absolute atomic E-state index is 0.0167. The number of carbonyl (C=O) groups is 1. The lowest BCUT2D eigenvalue weighted by molar-refractivity contribution is 0.0482. The summed E-state index contributed by atoms with van der Waals surface area (Å²) in [5, 5.41) is 8.98. The van der Waals surface area contributed by atoms with Crippen molar-refractivity contribution >= 4 is 17.6 Å². The second-order valence-corrected chi connectivity index (χ2v) is 3.16.